The topological polar surface area (TPSA) is 62.7 Å². The molecular formula is C17H19ClN2O3. The van der Waals surface area contributed by atoms with E-state index in [2.05, 4.69) is 9.88 Å². The first-order valence-corrected chi connectivity index (χ1v) is 7.35. The van der Waals surface area contributed by atoms with Gasteiger partial charge in [0.2, 0.25) is 0 Å². The molecule has 1 N–H and O–H groups in total. The van der Waals surface area contributed by atoms with Gasteiger partial charge in [0.25, 0.3) is 0 Å². The van der Waals surface area contributed by atoms with E-state index < -0.39 is 5.97 Å². The summed E-state index contributed by atoms with van der Waals surface area (Å²) in [7, 11) is 0. The minimum Gasteiger partial charge on any atom is -0.490 e. The van der Waals surface area contributed by atoms with Gasteiger partial charge in [0, 0.05) is 36.8 Å². The van der Waals surface area contributed by atoms with E-state index in [1.807, 2.05) is 30.3 Å². The number of hydrogen-bond donors (Lipinski definition) is 1. The molecule has 0 atom stereocenters. The molecule has 0 aliphatic carbocycles. The van der Waals surface area contributed by atoms with E-state index in [4.69, 9.17) is 9.84 Å². The smallest absolute Gasteiger partial charge is 0.332 e. The van der Waals surface area contributed by atoms with E-state index in [0.717, 1.165) is 29.6 Å². The Morgan fingerprint density at radius 1 is 1.30 bits per heavy atom. The zero-order chi connectivity index (χ0) is 15.4. The summed E-state index contributed by atoms with van der Waals surface area (Å²) in [6.07, 6.45) is 4.33. The second-order valence-electron chi connectivity index (χ2n) is 5.28. The summed E-state index contributed by atoms with van der Waals surface area (Å²) in [5.41, 5.74) is 1.33. The molecule has 1 aromatic heterocycles. The first-order valence-electron chi connectivity index (χ1n) is 7.35. The van der Waals surface area contributed by atoms with Gasteiger partial charge in [-0.2, -0.15) is 0 Å². The number of fused-ring (bicyclic) bond motifs is 1. The quantitative estimate of drug-likeness (QED) is 0.911. The molecule has 5 nitrogen and oxygen atoms in total. The maximum atomic E-state index is 11.0. The molecule has 23 heavy (non-hydrogen) atoms. The van der Waals surface area contributed by atoms with Crippen molar-refractivity contribution in [1.29, 1.82) is 0 Å². The van der Waals surface area contributed by atoms with E-state index in [1.54, 1.807) is 12.3 Å². The van der Waals surface area contributed by atoms with Crippen LogP contribution in [0.4, 0.5) is 0 Å². The molecule has 0 spiro atoms. The number of aromatic nitrogens is 1. The lowest BCUT2D eigenvalue weighted by Crippen LogP contribution is -2.35. The van der Waals surface area contributed by atoms with Crippen molar-refractivity contribution in [2.45, 2.75) is 6.42 Å². The number of hydrogen-bond acceptors (Lipinski definition) is 4. The second kappa shape index (κ2) is 7.94. The van der Waals surface area contributed by atoms with Crippen molar-refractivity contribution < 1.29 is 14.6 Å². The van der Waals surface area contributed by atoms with Crippen molar-refractivity contribution in [2.75, 3.05) is 26.2 Å². The number of para-hydroxylation sites is 1. The van der Waals surface area contributed by atoms with Crippen molar-refractivity contribution in [1.82, 2.24) is 9.88 Å². The third kappa shape index (κ3) is 4.21. The van der Waals surface area contributed by atoms with E-state index in [-0.39, 0.29) is 12.4 Å². The molecule has 1 aromatic carbocycles. The predicted molar refractivity (Wildman–Crippen MR) is 91.3 cm³/mol. The average molecular weight is 335 g/mol. The third-order valence-corrected chi connectivity index (χ3v) is 3.77. The van der Waals surface area contributed by atoms with Crippen LogP contribution in [0.25, 0.3) is 10.9 Å². The molecule has 0 saturated carbocycles. The van der Waals surface area contributed by atoms with Crippen LogP contribution >= 0.6 is 12.4 Å². The lowest BCUT2D eigenvalue weighted by Gasteiger charge is -2.25. The molecule has 1 aliphatic heterocycles. The number of halogens is 1. The van der Waals surface area contributed by atoms with Crippen molar-refractivity contribution in [3.8, 4) is 5.75 Å². The van der Waals surface area contributed by atoms with Gasteiger partial charge in [-0.15, -0.1) is 12.4 Å². The van der Waals surface area contributed by atoms with Gasteiger partial charge < -0.3 is 9.84 Å². The molecule has 0 radical (unpaired) electrons. The lowest BCUT2D eigenvalue weighted by atomic mass is 10.1. The van der Waals surface area contributed by atoms with Crippen molar-refractivity contribution >= 4 is 29.3 Å². The molecule has 1 aliphatic rings. The molecule has 0 saturated heterocycles. The highest BCUT2D eigenvalue weighted by molar-refractivity contribution is 5.87. The number of ether oxygens (including phenoxy) is 1. The predicted octanol–water partition coefficient (Wildman–Crippen LogP) is 2.75. The van der Waals surface area contributed by atoms with Gasteiger partial charge in [-0.25, -0.2) is 4.79 Å². The van der Waals surface area contributed by atoms with Crippen LogP contribution in [-0.2, 0) is 4.79 Å². The Balaban J connectivity index is 0.00000192. The molecule has 6 heteroatoms. The fourth-order valence-corrected chi connectivity index (χ4v) is 2.63. The average Bonchev–Trinajstić information content (AvgIpc) is 2.55. The van der Waals surface area contributed by atoms with Crippen molar-refractivity contribution in [3.05, 3.63) is 48.2 Å². The van der Waals surface area contributed by atoms with Gasteiger partial charge in [-0.1, -0.05) is 24.3 Å². The molecule has 0 unspecified atom stereocenters. The number of rotatable bonds is 5. The van der Waals surface area contributed by atoms with Gasteiger partial charge >= 0.3 is 5.97 Å². The van der Waals surface area contributed by atoms with Crippen LogP contribution in [0.3, 0.4) is 0 Å². The van der Waals surface area contributed by atoms with Crippen LogP contribution in [-0.4, -0.2) is 47.2 Å². The standard InChI is InChI=1S/C17H18N2O3.ClH/c20-17(21)14-6-3-9-19(12-14)10-11-22-15-7-1-4-13-5-2-8-18-16(13)15;/h1-2,4-8H,3,9-12H2,(H,20,21);1H. The molecule has 2 aromatic rings. The largest absolute Gasteiger partial charge is 0.490 e. The third-order valence-electron chi connectivity index (χ3n) is 3.77. The highest BCUT2D eigenvalue weighted by Gasteiger charge is 2.17. The van der Waals surface area contributed by atoms with E-state index in [0.29, 0.717) is 25.3 Å². The highest BCUT2D eigenvalue weighted by Crippen LogP contribution is 2.22. The van der Waals surface area contributed by atoms with Gasteiger partial charge in [0.15, 0.2) is 0 Å². The first-order chi connectivity index (χ1) is 10.7. The number of aliphatic carboxylic acids is 1. The summed E-state index contributed by atoms with van der Waals surface area (Å²) in [6.45, 7) is 2.57. The fourth-order valence-electron chi connectivity index (χ4n) is 2.63. The van der Waals surface area contributed by atoms with E-state index in [1.165, 1.54) is 0 Å². The molecule has 3 rings (SSSR count). The SMILES string of the molecule is Cl.O=C(O)C1=CCCN(CCOc2cccc3cccnc23)C1. The molecule has 0 bridgehead atoms. The normalized spacial score (nSPS) is 14.9. The Hall–Kier alpha value is -2.11. The van der Waals surface area contributed by atoms with Crippen LogP contribution in [0.1, 0.15) is 6.42 Å². The van der Waals surface area contributed by atoms with Crippen molar-refractivity contribution in [2.24, 2.45) is 0 Å². The summed E-state index contributed by atoms with van der Waals surface area (Å²) in [4.78, 5) is 17.5. The summed E-state index contributed by atoms with van der Waals surface area (Å²) in [5.74, 6) is -0.0621. The number of carboxylic acid groups (broad SMARTS) is 1. The van der Waals surface area contributed by atoms with Gasteiger partial charge in [-0.3, -0.25) is 9.88 Å². The molecular weight excluding hydrogens is 316 g/mol. The summed E-state index contributed by atoms with van der Waals surface area (Å²) in [6, 6.07) is 9.77. The number of benzene rings is 1. The minimum absolute atomic E-state index is 0. The number of nitrogens with zero attached hydrogens (tertiary/aromatic N) is 2. The monoisotopic (exact) mass is 334 g/mol. The zero-order valence-corrected chi connectivity index (χ0v) is 13.5. The van der Waals surface area contributed by atoms with Gasteiger partial charge in [-0.05, 0) is 18.6 Å². The summed E-state index contributed by atoms with van der Waals surface area (Å²) in [5, 5.41) is 10.1. The number of carboxylic acids is 1. The van der Waals surface area contributed by atoms with Crippen LogP contribution in [0.15, 0.2) is 48.2 Å². The maximum Gasteiger partial charge on any atom is 0.332 e. The van der Waals surface area contributed by atoms with Crippen LogP contribution in [0.2, 0.25) is 0 Å². The molecule has 122 valence electrons. The number of pyridine rings is 1. The zero-order valence-electron chi connectivity index (χ0n) is 12.6. The lowest BCUT2D eigenvalue weighted by molar-refractivity contribution is -0.133. The van der Waals surface area contributed by atoms with E-state index >= 15 is 0 Å². The van der Waals surface area contributed by atoms with Crippen LogP contribution in [0.5, 0.6) is 5.75 Å². The summed E-state index contributed by atoms with van der Waals surface area (Å²) < 4.78 is 5.85. The summed E-state index contributed by atoms with van der Waals surface area (Å²) >= 11 is 0. The van der Waals surface area contributed by atoms with E-state index in [9.17, 15) is 4.79 Å². The van der Waals surface area contributed by atoms with Crippen molar-refractivity contribution in [3.63, 3.8) is 0 Å². The molecule has 0 fully saturated rings. The Labute approximate surface area is 141 Å². The van der Waals surface area contributed by atoms with Crippen LogP contribution < -0.4 is 4.74 Å². The Bertz CT molecular complexity index is 713. The Morgan fingerprint density at radius 2 is 2.13 bits per heavy atom. The highest BCUT2D eigenvalue weighted by atomic mass is 35.5. The Morgan fingerprint density at radius 3 is 2.96 bits per heavy atom. The second-order valence-corrected chi connectivity index (χ2v) is 5.28. The molecule has 0 amide bonds. The van der Waals surface area contributed by atoms with Crippen LogP contribution in [0, 0.1) is 0 Å². The number of carbonyl (C=O) groups is 1. The van der Waals surface area contributed by atoms with Gasteiger partial charge in [0.05, 0.1) is 0 Å². The maximum absolute atomic E-state index is 11.0. The Kier molecular flexibility index (Phi) is 5.96. The molecule has 2 heterocycles. The fraction of sp³-hybridized carbons (Fsp3) is 0.294. The minimum atomic E-state index is -0.830. The first kappa shape index (κ1) is 17.2. The van der Waals surface area contributed by atoms with Gasteiger partial charge in [0.1, 0.15) is 17.9 Å².